The first kappa shape index (κ1) is 31.3. The topological polar surface area (TPSA) is 75.7 Å². The maximum absolute atomic E-state index is 13.8. The van der Waals surface area contributed by atoms with E-state index in [1.54, 1.807) is 18.2 Å². The second kappa shape index (κ2) is 11.4. The van der Waals surface area contributed by atoms with Crippen LogP contribution in [0.1, 0.15) is 64.9 Å². The van der Waals surface area contributed by atoms with Crippen LogP contribution in [0.2, 0.25) is 10.0 Å². The van der Waals surface area contributed by atoms with Crippen molar-refractivity contribution in [1.29, 1.82) is 0 Å². The average Bonchev–Trinajstić information content (AvgIpc) is 2.85. The number of ether oxygens (including phenoxy) is 1. The number of amides is 1. The first-order chi connectivity index (χ1) is 19.6. The molecule has 1 aliphatic heterocycles. The maximum atomic E-state index is 13.8. The van der Waals surface area contributed by atoms with E-state index >= 15 is 0 Å². The SMILES string of the molecule is CN1C2=C(C(=O)CC(C)(C)C2)C(c2cc(Br)c(OCC(=O)Nc3ccc(Cl)c(Cl)c3)c(Br)c2)C2=C1CC(C)(C)CC2=O. The lowest BCUT2D eigenvalue weighted by Crippen LogP contribution is -2.43. The number of hydrogen-bond donors (Lipinski definition) is 1. The number of ketones is 2. The van der Waals surface area contributed by atoms with Gasteiger partial charge in [0.1, 0.15) is 5.75 Å². The fraction of sp³-hybridized carbons (Fsp3) is 0.406. The molecular weight excluding hydrogens is 707 g/mol. The third-order valence-corrected chi connectivity index (χ3v) is 10.0. The number of carbonyl (C=O) groups is 3. The fourth-order valence-electron chi connectivity index (χ4n) is 6.29. The van der Waals surface area contributed by atoms with Crippen LogP contribution < -0.4 is 10.1 Å². The molecular formula is C32H32Br2Cl2N2O4. The molecule has 10 heteroatoms. The molecule has 2 aromatic rings. The molecule has 0 saturated carbocycles. The summed E-state index contributed by atoms with van der Waals surface area (Å²) < 4.78 is 7.10. The predicted octanol–water partition coefficient (Wildman–Crippen LogP) is 8.85. The summed E-state index contributed by atoms with van der Waals surface area (Å²) in [5, 5.41) is 3.47. The van der Waals surface area contributed by atoms with Crippen molar-refractivity contribution >= 4 is 78.2 Å². The zero-order valence-electron chi connectivity index (χ0n) is 24.1. The Balaban J connectivity index is 1.49. The summed E-state index contributed by atoms with van der Waals surface area (Å²) in [5.41, 5.74) is 4.39. The summed E-state index contributed by atoms with van der Waals surface area (Å²) in [4.78, 5) is 42.2. The lowest BCUT2D eigenvalue weighted by molar-refractivity contribution is -0.120. The van der Waals surface area contributed by atoms with Crippen LogP contribution in [0.5, 0.6) is 5.75 Å². The molecule has 222 valence electrons. The zero-order chi connectivity index (χ0) is 30.7. The van der Waals surface area contributed by atoms with Crippen LogP contribution in [0.4, 0.5) is 5.69 Å². The molecule has 0 radical (unpaired) electrons. The highest BCUT2D eigenvalue weighted by molar-refractivity contribution is 9.11. The Morgan fingerprint density at radius 1 is 0.905 bits per heavy atom. The first-order valence-corrected chi connectivity index (χ1v) is 16.0. The van der Waals surface area contributed by atoms with Crippen LogP contribution in [-0.2, 0) is 14.4 Å². The minimum Gasteiger partial charge on any atom is -0.481 e. The molecule has 0 fully saturated rings. The standard InChI is InChI=1S/C32H32Br2Cl2N2O4/c1-31(2)11-22-28(24(39)13-31)27(29-23(38(22)5)12-32(3,4)14-25(29)40)16-8-18(33)30(19(34)9-16)42-15-26(41)37-17-6-7-20(35)21(36)10-17/h6-10,27H,11-15H2,1-5H3,(H,37,41). The highest BCUT2D eigenvalue weighted by Crippen LogP contribution is 2.54. The van der Waals surface area contributed by atoms with Crippen molar-refractivity contribution in [2.75, 3.05) is 19.0 Å². The lowest BCUT2D eigenvalue weighted by atomic mass is 9.64. The second-order valence-electron chi connectivity index (χ2n) is 12.9. The van der Waals surface area contributed by atoms with Gasteiger partial charge in [-0.25, -0.2) is 0 Å². The number of halogens is 4. The molecule has 0 aromatic heterocycles. The fourth-order valence-corrected chi connectivity index (χ4v) is 8.04. The minimum absolute atomic E-state index is 0.0776. The molecule has 1 N–H and O–H groups in total. The van der Waals surface area contributed by atoms with E-state index in [2.05, 4.69) is 69.8 Å². The smallest absolute Gasteiger partial charge is 0.262 e. The molecule has 2 aliphatic carbocycles. The van der Waals surface area contributed by atoms with Crippen LogP contribution in [0.3, 0.4) is 0 Å². The van der Waals surface area contributed by atoms with Crippen molar-refractivity contribution < 1.29 is 19.1 Å². The molecule has 6 nitrogen and oxygen atoms in total. The molecule has 0 spiro atoms. The van der Waals surface area contributed by atoms with E-state index in [1.807, 2.05) is 19.2 Å². The Labute approximate surface area is 273 Å². The number of nitrogens with one attached hydrogen (secondary N) is 1. The van der Waals surface area contributed by atoms with Gasteiger partial charge in [0.15, 0.2) is 18.2 Å². The third-order valence-electron chi connectivity index (χ3n) is 8.08. The third kappa shape index (κ3) is 6.10. The van der Waals surface area contributed by atoms with Crippen LogP contribution in [0, 0.1) is 10.8 Å². The number of carbonyl (C=O) groups excluding carboxylic acids is 3. The van der Waals surface area contributed by atoms with Gasteiger partial charge in [-0.05, 0) is 91.4 Å². The van der Waals surface area contributed by atoms with Gasteiger partial charge in [0, 0.05) is 54.0 Å². The molecule has 5 rings (SSSR count). The average molecular weight is 739 g/mol. The summed E-state index contributed by atoms with van der Waals surface area (Å²) in [5.74, 6) is -0.255. The van der Waals surface area contributed by atoms with E-state index in [1.165, 1.54) is 0 Å². The van der Waals surface area contributed by atoms with E-state index in [4.69, 9.17) is 27.9 Å². The molecule has 1 heterocycles. The predicted molar refractivity (Wildman–Crippen MR) is 173 cm³/mol. The van der Waals surface area contributed by atoms with Crippen molar-refractivity contribution in [1.82, 2.24) is 4.90 Å². The molecule has 0 saturated heterocycles. The highest BCUT2D eigenvalue weighted by atomic mass is 79.9. The Hall–Kier alpha value is -2.13. The van der Waals surface area contributed by atoms with Gasteiger partial charge in [0.25, 0.3) is 5.91 Å². The van der Waals surface area contributed by atoms with Crippen molar-refractivity contribution in [3.05, 3.63) is 77.4 Å². The molecule has 0 bridgehead atoms. The van der Waals surface area contributed by atoms with E-state index in [0.717, 1.165) is 29.8 Å². The van der Waals surface area contributed by atoms with Gasteiger partial charge in [-0.1, -0.05) is 50.9 Å². The Kier molecular flexibility index (Phi) is 8.51. The normalized spacial score (nSPS) is 20.0. The molecule has 1 amide bonds. The van der Waals surface area contributed by atoms with Crippen molar-refractivity contribution in [2.45, 2.75) is 59.3 Å². The Bertz CT molecular complexity index is 1520. The summed E-state index contributed by atoms with van der Waals surface area (Å²) in [6, 6.07) is 8.61. The summed E-state index contributed by atoms with van der Waals surface area (Å²) in [6.45, 7) is 8.22. The Morgan fingerprint density at radius 2 is 1.43 bits per heavy atom. The number of allylic oxidation sites excluding steroid dienone is 4. The van der Waals surface area contributed by atoms with Crippen LogP contribution in [0.15, 0.2) is 61.8 Å². The number of nitrogens with zero attached hydrogens (tertiary/aromatic N) is 1. The maximum Gasteiger partial charge on any atom is 0.262 e. The summed E-state index contributed by atoms with van der Waals surface area (Å²) in [7, 11) is 2.00. The summed E-state index contributed by atoms with van der Waals surface area (Å²) in [6.07, 6.45) is 2.36. The molecule has 0 unspecified atom stereocenters. The molecule has 0 atom stereocenters. The number of Topliss-reactive ketones (excluding diaryl/α,β-unsaturated/α-hetero) is 2. The quantitative estimate of drug-likeness (QED) is 0.332. The Morgan fingerprint density at radius 3 is 1.93 bits per heavy atom. The van der Waals surface area contributed by atoms with Crippen LogP contribution >= 0.6 is 55.1 Å². The number of hydrogen-bond acceptors (Lipinski definition) is 5. The van der Waals surface area contributed by atoms with E-state index in [9.17, 15) is 14.4 Å². The van der Waals surface area contributed by atoms with Gasteiger partial charge >= 0.3 is 0 Å². The van der Waals surface area contributed by atoms with Gasteiger partial charge in [0.2, 0.25) is 0 Å². The van der Waals surface area contributed by atoms with Crippen molar-refractivity contribution in [3.8, 4) is 5.75 Å². The molecule has 3 aliphatic rings. The second-order valence-corrected chi connectivity index (χ2v) is 15.4. The number of rotatable bonds is 5. The van der Waals surface area contributed by atoms with Crippen LogP contribution in [-0.4, -0.2) is 36.0 Å². The lowest BCUT2D eigenvalue weighted by Gasteiger charge is -2.48. The van der Waals surface area contributed by atoms with Gasteiger partial charge in [-0.3, -0.25) is 14.4 Å². The van der Waals surface area contributed by atoms with Crippen LogP contribution in [0.25, 0.3) is 0 Å². The van der Waals surface area contributed by atoms with E-state index in [0.29, 0.717) is 54.4 Å². The largest absolute Gasteiger partial charge is 0.481 e. The summed E-state index contributed by atoms with van der Waals surface area (Å²) >= 11 is 19.3. The van der Waals surface area contributed by atoms with Crippen molar-refractivity contribution in [2.24, 2.45) is 10.8 Å². The molecule has 42 heavy (non-hydrogen) atoms. The zero-order valence-corrected chi connectivity index (χ0v) is 28.8. The highest BCUT2D eigenvalue weighted by Gasteiger charge is 2.48. The molecule has 2 aromatic carbocycles. The monoisotopic (exact) mass is 736 g/mol. The van der Waals surface area contributed by atoms with E-state index < -0.39 is 5.92 Å². The van der Waals surface area contributed by atoms with Gasteiger partial charge < -0.3 is 15.0 Å². The number of benzene rings is 2. The van der Waals surface area contributed by atoms with Gasteiger partial charge in [-0.2, -0.15) is 0 Å². The number of anilines is 1. The van der Waals surface area contributed by atoms with Gasteiger partial charge in [-0.15, -0.1) is 0 Å². The van der Waals surface area contributed by atoms with E-state index in [-0.39, 0.29) is 34.9 Å². The first-order valence-electron chi connectivity index (χ1n) is 13.7. The van der Waals surface area contributed by atoms with Crippen molar-refractivity contribution in [3.63, 3.8) is 0 Å². The minimum atomic E-state index is -0.474. The van der Waals surface area contributed by atoms with Gasteiger partial charge in [0.05, 0.1) is 19.0 Å².